The first-order valence-electron chi connectivity index (χ1n) is 6.65. The maximum Gasteiger partial charge on any atom is 0.213 e. The fourth-order valence-corrected chi connectivity index (χ4v) is 3.73. The van der Waals surface area contributed by atoms with Crippen molar-refractivity contribution in [3.63, 3.8) is 0 Å². The van der Waals surface area contributed by atoms with Gasteiger partial charge in [-0.25, -0.2) is 8.42 Å². The Bertz CT molecular complexity index is 939. The topological polar surface area (TPSA) is 101 Å². The van der Waals surface area contributed by atoms with Gasteiger partial charge >= 0.3 is 0 Å². The molecule has 0 fully saturated rings. The van der Waals surface area contributed by atoms with Crippen molar-refractivity contribution in [1.82, 2.24) is 10.2 Å². The quantitative estimate of drug-likeness (QED) is 0.672. The van der Waals surface area contributed by atoms with E-state index in [0.29, 0.717) is 10.7 Å². The zero-order valence-corrected chi connectivity index (χ0v) is 13.4. The molecule has 0 saturated heterocycles. The highest BCUT2D eigenvalue weighted by Crippen LogP contribution is 2.33. The first-order valence-corrected chi connectivity index (χ1v) is 8.52. The van der Waals surface area contributed by atoms with Crippen LogP contribution in [0, 0.1) is 0 Å². The summed E-state index contributed by atoms with van der Waals surface area (Å²) in [6, 6.07) is 15.0. The van der Waals surface area contributed by atoms with Gasteiger partial charge in [0, 0.05) is 0 Å². The Kier molecular flexibility index (Phi) is 3.97. The van der Waals surface area contributed by atoms with E-state index in [1.165, 1.54) is 12.1 Å². The predicted octanol–water partition coefficient (Wildman–Crippen LogP) is 3.22. The average molecular weight is 349 g/mol. The van der Waals surface area contributed by atoms with Gasteiger partial charge in [-0.2, -0.15) is 5.10 Å². The van der Waals surface area contributed by atoms with E-state index in [4.69, 9.17) is 17.3 Å². The van der Waals surface area contributed by atoms with Crippen molar-refractivity contribution >= 4 is 38.8 Å². The number of nitrogens with two attached hydrogens (primary N) is 1. The zero-order valence-electron chi connectivity index (χ0n) is 11.8. The standard InChI is InChI=1S/C15H13ClN4O2S/c16-11-8-4-5-9-12(11)18-15-13(14(17)19-20-15)23(21,22)10-6-2-1-3-7-10/h1-9H,(H4,17,18,19,20). The van der Waals surface area contributed by atoms with E-state index in [1.807, 2.05) is 0 Å². The zero-order chi connectivity index (χ0) is 16.4. The van der Waals surface area contributed by atoms with Crippen LogP contribution < -0.4 is 11.1 Å². The molecular formula is C15H13ClN4O2S. The van der Waals surface area contributed by atoms with Gasteiger partial charge in [-0.1, -0.05) is 41.9 Å². The van der Waals surface area contributed by atoms with Crippen molar-refractivity contribution in [3.05, 3.63) is 59.6 Å². The van der Waals surface area contributed by atoms with Crippen molar-refractivity contribution in [2.24, 2.45) is 0 Å². The van der Waals surface area contributed by atoms with E-state index in [1.54, 1.807) is 42.5 Å². The maximum atomic E-state index is 12.8. The minimum absolute atomic E-state index is 0.0385. The van der Waals surface area contributed by atoms with Crippen molar-refractivity contribution in [2.75, 3.05) is 11.1 Å². The predicted molar refractivity (Wildman–Crippen MR) is 89.6 cm³/mol. The van der Waals surface area contributed by atoms with Gasteiger partial charge in [-0.3, -0.25) is 5.10 Å². The molecule has 0 saturated carbocycles. The molecule has 6 nitrogen and oxygen atoms in total. The molecule has 0 aliphatic carbocycles. The molecule has 0 radical (unpaired) electrons. The number of benzene rings is 2. The van der Waals surface area contributed by atoms with Crippen molar-refractivity contribution in [1.29, 1.82) is 0 Å². The number of aromatic nitrogens is 2. The normalized spacial score (nSPS) is 11.3. The molecule has 1 aromatic heterocycles. The van der Waals surface area contributed by atoms with Gasteiger partial charge in [0.15, 0.2) is 10.7 Å². The molecule has 0 bridgehead atoms. The van der Waals surface area contributed by atoms with Crippen LogP contribution in [0.4, 0.5) is 17.3 Å². The number of aromatic amines is 1. The average Bonchev–Trinajstić information content (AvgIpc) is 2.92. The van der Waals surface area contributed by atoms with Crippen LogP contribution in [0.15, 0.2) is 64.4 Å². The molecule has 8 heteroatoms. The third-order valence-electron chi connectivity index (χ3n) is 3.20. The van der Waals surface area contributed by atoms with E-state index < -0.39 is 9.84 Å². The molecule has 0 aliphatic rings. The van der Waals surface area contributed by atoms with Gasteiger partial charge in [0.2, 0.25) is 9.84 Å². The molecule has 0 unspecified atom stereocenters. The molecular weight excluding hydrogens is 336 g/mol. The lowest BCUT2D eigenvalue weighted by molar-refractivity contribution is 0.597. The Hall–Kier alpha value is -2.51. The van der Waals surface area contributed by atoms with Gasteiger partial charge in [-0.15, -0.1) is 0 Å². The number of nitrogen functional groups attached to an aromatic ring is 1. The third-order valence-corrected chi connectivity index (χ3v) is 5.37. The Morgan fingerprint density at radius 2 is 1.70 bits per heavy atom. The molecule has 3 rings (SSSR count). The Morgan fingerprint density at radius 1 is 1.04 bits per heavy atom. The monoisotopic (exact) mass is 348 g/mol. The van der Waals surface area contributed by atoms with Crippen molar-refractivity contribution in [2.45, 2.75) is 9.79 Å². The van der Waals surface area contributed by atoms with Crippen LogP contribution in [0.5, 0.6) is 0 Å². The first-order chi connectivity index (χ1) is 11.0. The molecule has 1 heterocycles. The summed E-state index contributed by atoms with van der Waals surface area (Å²) in [6.45, 7) is 0. The van der Waals surface area contributed by atoms with Crippen molar-refractivity contribution in [3.8, 4) is 0 Å². The molecule has 2 aromatic carbocycles. The lowest BCUT2D eigenvalue weighted by Gasteiger charge is -2.09. The maximum absolute atomic E-state index is 12.8. The van der Waals surface area contributed by atoms with E-state index in [-0.39, 0.29) is 21.4 Å². The summed E-state index contributed by atoms with van der Waals surface area (Å²) < 4.78 is 25.6. The van der Waals surface area contributed by atoms with E-state index in [0.717, 1.165) is 0 Å². The van der Waals surface area contributed by atoms with Crippen LogP contribution in [-0.4, -0.2) is 18.6 Å². The molecule has 118 valence electrons. The number of H-pyrrole nitrogens is 1. The first kappa shape index (κ1) is 15.4. The smallest absolute Gasteiger partial charge is 0.213 e. The summed E-state index contributed by atoms with van der Waals surface area (Å²) in [5, 5.41) is 9.79. The number of para-hydroxylation sites is 1. The van der Waals surface area contributed by atoms with E-state index >= 15 is 0 Å². The van der Waals surface area contributed by atoms with Crippen LogP contribution in [0.3, 0.4) is 0 Å². The van der Waals surface area contributed by atoms with Crippen LogP contribution in [0.25, 0.3) is 0 Å². The number of halogens is 1. The molecule has 0 aliphatic heterocycles. The van der Waals surface area contributed by atoms with Gasteiger partial charge in [0.1, 0.15) is 5.82 Å². The van der Waals surface area contributed by atoms with Gasteiger partial charge in [-0.05, 0) is 24.3 Å². The second-order valence-electron chi connectivity index (χ2n) is 4.74. The fraction of sp³-hybridized carbons (Fsp3) is 0. The highest BCUT2D eigenvalue weighted by Gasteiger charge is 2.27. The highest BCUT2D eigenvalue weighted by molar-refractivity contribution is 7.91. The minimum Gasteiger partial charge on any atom is -0.383 e. The number of rotatable bonds is 4. The molecule has 0 spiro atoms. The Morgan fingerprint density at radius 3 is 2.39 bits per heavy atom. The van der Waals surface area contributed by atoms with E-state index in [2.05, 4.69) is 15.5 Å². The van der Waals surface area contributed by atoms with Gasteiger partial charge in [0.05, 0.1) is 15.6 Å². The summed E-state index contributed by atoms with van der Waals surface area (Å²) in [5.74, 6) is 0.0582. The third kappa shape index (κ3) is 2.88. The summed E-state index contributed by atoms with van der Waals surface area (Å²) in [4.78, 5) is 0.0268. The van der Waals surface area contributed by atoms with Gasteiger partial charge in [0.25, 0.3) is 0 Å². The second-order valence-corrected chi connectivity index (χ2v) is 7.03. The van der Waals surface area contributed by atoms with Crippen LogP contribution in [0.2, 0.25) is 5.02 Å². The van der Waals surface area contributed by atoms with E-state index in [9.17, 15) is 8.42 Å². The SMILES string of the molecule is Nc1[nH]nc(Nc2ccccc2Cl)c1S(=O)(=O)c1ccccc1. The number of hydrogen-bond acceptors (Lipinski definition) is 5. The summed E-state index contributed by atoms with van der Waals surface area (Å²) >= 11 is 6.08. The van der Waals surface area contributed by atoms with Crippen LogP contribution in [0.1, 0.15) is 0 Å². The molecule has 0 amide bonds. The summed E-state index contributed by atoms with van der Waals surface area (Å²) in [5.41, 5.74) is 6.32. The minimum atomic E-state index is -3.81. The fourth-order valence-electron chi connectivity index (χ4n) is 2.11. The molecule has 3 aromatic rings. The van der Waals surface area contributed by atoms with Crippen LogP contribution in [-0.2, 0) is 9.84 Å². The molecule has 4 N–H and O–H groups in total. The lowest BCUT2D eigenvalue weighted by Crippen LogP contribution is -2.06. The summed E-state index contributed by atoms with van der Waals surface area (Å²) in [6.07, 6.45) is 0. The van der Waals surface area contributed by atoms with Crippen LogP contribution >= 0.6 is 11.6 Å². The molecule has 0 atom stereocenters. The van der Waals surface area contributed by atoms with Gasteiger partial charge < -0.3 is 11.1 Å². The second kappa shape index (κ2) is 5.94. The number of hydrogen-bond donors (Lipinski definition) is 3. The summed E-state index contributed by atoms with van der Waals surface area (Å²) in [7, 11) is -3.81. The largest absolute Gasteiger partial charge is 0.383 e. The number of nitrogens with one attached hydrogen (secondary N) is 2. The molecule has 23 heavy (non-hydrogen) atoms. The van der Waals surface area contributed by atoms with Crippen molar-refractivity contribution < 1.29 is 8.42 Å². The lowest BCUT2D eigenvalue weighted by atomic mass is 10.3. The Labute approximate surface area is 138 Å². The number of anilines is 3. The number of sulfone groups is 1. The number of nitrogens with zero attached hydrogens (tertiary/aromatic N) is 1. The highest BCUT2D eigenvalue weighted by atomic mass is 35.5. The Balaban J connectivity index is 2.08.